The predicted molar refractivity (Wildman–Crippen MR) is 118 cm³/mol. The predicted octanol–water partition coefficient (Wildman–Crippen LogP) is 3.88. The molecule has 0 saturated carbocycles. The Morgan fingerprint density at radius 3 is 2.62 bits per heavy atom. The smallest absolute Gasteiger partial charge is 0.416 e. The molecular formula is C24H26F3N3O2. The van der Waals surface area contributed by atoms with E-state index in [2.05, 4.69) is 21.7 Å². The Balaban J connectivity index is 1.65. The van der Waals surface area contributed by atoms with E-state index in [-0.39, 0.29) is 18.4 Å². The molecule has 0 aromatic heterocycles. The van der Waals surface area contributed by atoms with Crippen molar-refractivity contribution in [3.8, 4) is 5.75 Å². The largest absolute Gasteiger partial charge is 0.497 e. The summed E-state index contributed by atoms with van der Waals surface area (Å²) in [7, 11) is 1.61. The van der Waals surface area contributed by atoms with Gasteiger partial charge in [0, 0.05) is 37.6 Å². The molecule has 1 fully saturated rings. The SMILES string of the molecule is C=CCNC(=O)[C@H]1Cc2cc(C(F)(F)F)ccc2N2CCN(c3ccc(OC)cc3)C[C@H]12. The number of nitrogens with one attached hydrogen (secondary N) is 1. The van der Waals surface area contributed by atoms with Gasteiger partial charge in [-0.15, -0.1) is 6.58 Å². The van der Waals surface area contributed by atoms with E-state index in [1.807, 2.05) is 24.3 Å². The number of piperazine rings is 1. The van der Waals surface area contributed by atoms with Crippen molar-refractivity contribution in [2.75, 3.05) is 43.1 Å². The van der Waals surface area contributed by atoms with Gasteiger partial charge in [0.15, 0.2) is 0 Å². The fraction of sp³-hybridized carbons (Fsp3) is 0.375. The van der Waals surface area contributed by atoms with Crippen LogP contribution in [0.15, 0.2) is 55.1 Å². The molecule has 8 heteroatoms. The Labute approximate surface area is 185 Å². The maximum absolute atomic E-state index is 13.3. The fourth-order valence-corrected chi connectivity index (χ4v) is 4.63. The molecule has 2 heterocycles. The summed E-state index contributed by atoms with van der Waals surface area (Å²) in [5.74, 6) is 0.132. The molecule has 1 saturated heterocycles. The Morgan fingerprint density at radius 1 is 1.22 bits per heavy atom. The molecule has 170 valence electrons. The molecule has 2 aliphatic rings. The first-order valence-electron chi connectivity index (χ1n) is 10.6. The number of benzene rings is 2. The molecule has 2 aromatic carbocycles. The Kier molecular flexibility index (Phi) is 6.04. The molecule has 0 aliphatic carbocycles. The number of carbonyl (C=O) groups excluding carboxylic acids is 1. The van der Waals surface area contributed by atoms with E-state index >= 15 is 0 Å². The van der Waals surface area contributed by atoms with Gasteiger partial charge in [0.05, 0.1) is 24.6 Å². The van der Waals surface area contributed by atoms with Crippen LogP contribution in [-0.2, 0) is 17.4 Å². The van der Waals surface area contributed by atoms with Crippen molar-refractivity contribution in [1.82, 2.24) is 5.32 Å². The van der Waals surface area contributed by atoms with Crippen molar-refractivity contribution >= 4 is 17.3 Å². The molecule has 0 radical (unpaired) electrons. The van der Waals surface area contributed by atoms with Crippen LogP contribution in [0.25, 0.3) is 0 Å². The molecule has 2 aliphatic heterocycles. The average Bonchev–Trinajstić information content (AvgIpc) is 2.80. The Bertz CT molecular complexity index is 991. The summed E-state index contributed by atoms with van der Waals surface area (Å²) in [5, 5.41) is 2.84. The highest BCUT2D eigenvalue weighted by Gasteiger charge is 2.42. The van der Waals surface area contributed by atoms with E-state index < -0.39 is 17.7 Å². The first-order valence-corrected chi connectivity index (χ1v) is 10.6. The number of anilines is 2. The lowest BCUT2D eigenvalue weighted by atomic mass is 9.82. The van der Waals surface area contributed by atoms with Crippen molar-refractivity contribution < 1.29 is 22.7 Å². The molecule has 0 spiro atoms. The minimum atomic E-state index is -4.42. The maximum Gasteiger partial charge on any atom is 0.416 e. The van der Waals surface area contributed by atoms with Crippen LogP contribution in [0.2, 0.25) is 0 Å². The lowest BCUT2D eigenvalue weighted by Crippen LogP contribution is -2.61. The van der Waals surface area contributed by atoms with E-state index in [9.17, 15) is 18.0 Å². The third-order valence-electron chi connectivity index (χ3n) is 6.23. The number of carbonyl (C=O) groups is 1. The lowest BCUT2D eigenvalue weighted by molar-refractivity contribution is -0.137. The van der Waals surface area contributed by atoms with E-state index in [0.717, 1.165) is 23.2 Å². The van der Waals surface area contributed by atoms with Gasteiger partial charge in [-0.3, -0.25) is 4.79 Å². The number of hydrogen-bond donors (Lipinski definition) is 1. The Hall–Kier alpha value is -3.16. The topological polar surface area (TPSA) is 44.8 Å². The number of halogens is 3. The first-order chi connectivity index (χ1) is 15.3. The van der Waals surface area contributed by atoms with Crippen LogP contribution in [0.3, 0.4) is 0 Å². The third kappa shape index (κ3) is 4.26. The van der Waals surface area contributed by atoms with Gasteiger partial charge in [-0.05, 0) is 54.4 Å². The van der Waals surface area contributed by atoms with Crippen molar-refractivity contribution in [2.45, 2.75) is 18.6 Å². The van der Waals surface area contributed by atoms with Gasteiger partial charge in [0.2, 0.25) is 5.91 Å². The molecule has 4 rings (SSSR count). The van der Waals surface area contributed by atoms with Crippen LogP contribution in [0, 0.1) is 5.92 Å². The second-order valence-corrected chi connectivity index (χ2v) is 8.09. The van der Waals surface area contributed by atoms with Crippen molar-refractivity contribution in [2.24, 2.45) is 5.92 Å². The zero-order chi connectivity index (χ0) is 22.9. The van der Waals surface area contributed by atoms with Crippen LogP contribution in [0.5, 0.6) is 5.75 Å². The minimum Gasteiger partial charge on any atom is -0.497 e. The number of fused-ring (bicyclic) bond motifs is 3. The second-order valence-electron chi connectivity index (χ2n) is 8.09. The van der Waals surface area contributed by atoms with Crippen LogP contribution < -0.4 is 19.9 Å². The molecule has 0 unspecified atom stereocenters. The molecule has 2 aromatic rings. The summed E-state index contributed by atoms with van der Waals surface area (Å²) in [6, 6.07) is 11.5. The monoisotopic (exact) mass is 445 g/mol. The van der Waals surface area contributed by atoms with Gasteiger partial charge in [0.25, 0.3) is 0 Å². The number of alkyl halides is 3. The summed E-state index contributed by atoms with van der Waals surface area (Å²) < 4.78 is 45.1. The number of hydrogen-bond acceptors (Lipinski definition) is 4. The van der Waals surface area contributed by atoms with Crippen LogP contribution in [-0.4, -0.2) is 45.2 Å². The van der Waals surface area contributed by atoms with E-state index in [4.69, 9.17) is 4.74 Å². The highest BCUT2D eigenvalue weighted by Crippen LogP contribution is 2.40. The summed E-state index contributed by atoms with van der Waals surface area (Å²) in [5.41, 5.74) is 1.68. The number of methoxy groups -OCH3 is 1. The zero-order valence-corrected chi connectivity index (χ0v) is 17.9. The molecule has 0 bridgehead atoms. The number of rotatable bonds is 5. The Morgan fingerprint density at radius 2 is 1.97 bits per heavy atom. The number of ether oxygens (including phenoxy) is 1. The molecule has 2 atom stereocenters. The van der Waals surface area contributed by atoms with E-state index in [0.29, 0.717) is 31.7 Å². The summed E-state index contributed by atoms with van der Waals surface area (Å²) in [6.07, 6.45) is -2.56. The minimum absolute atomic E-state index is 0.153. The lowest BCUT2D eigenvalue weighted by Gasteiger charge is -2.49. The van der Waals surface area contributed by atoms with Gasteiger partial charge in [-0.25, -0.2) is 0 Å². The van der Waals surface area contributed by atoms with E-state index in [1.165, 1.54) is 6.07 Å². The summed E-state index contributed by atoms with van der Waals surface area (Å²) in [4.78, 5) is 17.3. The van der Waals surface area contributed by atoms with Crippen molar-refractivity contribution in [3.63, 3.8) is 0 Å². The fourth-order valence-electron chi connectivity index (χ4n) is 4.63. The van der Waals surface area contributed by atoms with E-state index in [1.54, 1.807) is 19.3 Å². The van der Waals surface area contributed by atoms with Crippen LogP contribution in [0.4, 0.5) is 24.5 Å². The highest BCUT2D eigenvalue weighted by molar-refractivity contribution is 5.82. The van der Waals surface area contributed by atoms with Gasteiger partial charge >= 0.3 is 6.18 Å². The molecule has 1 amide bonds. The van der Waals surface area contributed by atoms with Crippen LogP contribution >= 0.6 is 0 Å². The zero-order valence-electron chi connectivity index (χ0n) is 17.9. The van der Waals surface area contributed by atoms with Gasteiger partial charge in [-0.2, -0.15) is 13.2 Å². The molecule has 32 heavy (non-hydrogen) atoms. The van der Waals surface area contributed by atoms with Gasteiger partial charge in [-0.1, -0.05) is 6.08 Å². The highest BCUT2D eigenvalue weighted by atomic mass is 19.4. The van der Waals surface area contributed by atoms with Crippen molar-refractivity contribution in [3.05, 3.63) is 66.2 Å². The number of amides is 1. The molecule has 1 N–H and O–H groups in total. The third-order valence-corrected chi connectivity index (χ3v) is 6.23. The van der Waals surface area contributed by atoms with Crippen molar-refractivity contribution in [1.29, 1.82) is 0 Å². The maximum atomic E-state index is 13.3. The molecule has 5 nitrogen and oxygen atoms in total. The summed E-state index contributed by atoms with van der Waals surface area (Å²) >= 11 is 0. The molecular weight excluding hydrogens is 419 g/mol. The quantitative estimate of drug-likeness (QED) is 0.710. The standard InChI is InChI=1S/C24H26F3N3O2/c1-3-10-28-23(31)20-14-16-13-17(24(25,26)27)4-9-21(16)30-12-11-29(15-22(20)30)18-5-7-19(32-2)8-6-18/h3-9,13,20,22H,1,10-12,14-15H2,2H3,(H,28,31)/t20-,22+/m0/s1. The van der Waals surface area contributed by atoms with Gasteiger partial charge < -0.3 is 19.9 Å². The van der Waals surface area contributed by atoms with Gasteiger partial charge in [0.1, 0.15) is 5.75 Å². The number of nitrogens with zero attached hydrogens (tertiary/aromatic N) is 2. The normalized spacial score (nSPS) is 20.2. The van der Waals surface area contributed by atoms with Crippen LogP contribution in [0.1, 0.15) is 11.1 Å². The first kappa shape index (κ1) is 22.0. The second kappa shape index (κ2) is 8.76. The average molecular weight is 445 g/mol. The summed E-state index contributed by atoms with van der Waals surface area (Å²) in [6.45, 7) is 5.86.